The molecule has 172 valence electrons. The van der Waals surface area contributed by atoms with Crippen molar-refractivity contribution in [1.29, 1.82) is 0 Å². The number of aromatic nitrogens is 2. The van der Waals surface area contributed by atoms with Crippen LogP contribution in [0.4, 0.5) is 16.3 Å². The Labute approximate surface area is 205 Å². The number of thiophene rings is 1. The van der Waals surface area contributed by atoms with E-state index in [0.29, 0.717) is 38.3 Å². The van der Waals surface area contributed by atoms with Gasteiger partial charge in [-0.3, -0.25) is 10.1 Å². The SMILES string of the molecule is O=C(/C=C/c1cc2ncnc(NC(=O)Nc3c(Cl)cccc3Cl)c2s1)NCCN1CCCC1. The first-order chi connectivity index (χ1) is 16.0. The molecule has 3 aromatic rings. The van der Waals surface area contributed by atoms with Crippen molar-refractivity contribution in [2.75, 3.05) is 36.8 Å². The second-order valence-corrected chi connectivity index (χ2v) is 9.33. The molecule has 8 nitrogen and oxygen atoms in total. The van der Waals surface area contributed by atoms with Crippen LogP contribution in [0, 0.1) is 0 Å². The molecule has 0 saturated carbocycles. The number of carbonyl (C=O) groups is 2. The van der Waals surface area contributed by atoms with E-state index in [1.807, 2.05) is 6.07 Å². The Balaban J connectivity index is 1.38. The molecule has 3 amide bonds. The maximum absolute atomic E-state index is 12.5. The van der Waals surface area contributed by atoms with Gasteiger partial charge in [-0.15, -0.1) is 11.3 Å². The van der Waals surface area contributed by atoms with Crippen molar-refractivity contribution in [2.24, 2.45) is 0 Å². The van der Waals surface area contributed by atoms with E-state index >= 15 is 0 Å². The number of nitrogens with zero attached hydrogens (tertiary/aromatic N) is 3. The largest absolute Gasteiger partial charge is 0.351 e. The molecule has 1 aromatic carbocycles. The van der Waals surface area contributed by atoms with Gasteiger partial charge in [-0.25, -0.2) is 14.8 Å². The second kappa shape index (κ2) is 10.9. The van der Waals surface area contributed by atoms with Crippen LogP contribution in [-0.4, -0.2) is 53.0 Å². The molecule has 1 aliphatic heterocycles. The lowest BCUT2D eigenvalue weighted by Crippen LogP contribution is -2.32. The molecule has 0 spiro atoms. The Morgan fingerprint density at radius 2 is 1.88 bits per heavy atom. The highest BCUT2D eigenvalue weighted by atomic mass is 35.5. The van der Waals surface area contributed by atoms with E-state index in [4.69, 9.17) is 23.2 Å². The number of urea groups is 1. The molecule has 3 heterocycles. The molecular formula is C22H22Cl2N6O2S. The van der Waals surface area contributed by atoms with Gasteiger partial charge in [0.15, 0.2) is 5.82 Å². The number of anilines is 2. The van der Waals surface area contributed by atoms with E-state index in [2.05, 4.69) is 30.8 Å². The first kappa shape index (κ1) is 23.4. The molecule has 11 heteroatoms. The normalized spacial score (nSPS) is 14.1. The number of carbonyl (C=O) groups excluding carboxylic acids is 2. The number of likely N-dealkylation sites (tertiary alicyclic amines) is 1. The number of hydrogen-bond donors (Lipinski definition) is 3. The van der Waals surface area contributed by atoms with Crippen LogP contribution in [0.3, 0.4) is 0 Å². The maximum atomic E-state index is 12.5. The molecule has 0 unspecified atom stereocenters. The highest BCUT2D eigenvalue weighted by Crippen LogP contribution is 2.32. The first-order valence-electron chi connectivity index (χ1n) is 10.4. The molecule has 0 bridgehead atoms. The van der Waals surface area contributed by atoms with E-state index < -0.39 is 6.03 Å². The van der Waals surface area contributed by atoms with E-state index in [1.54, 1.807) is 24.3 Å². The molecule has 3 N–H and O–H groups in total. The van der Waals surface area contributed by atoms with Crippen LogP contribution in [0.25, 0.3) is 16.3 Å². The molecule has 1 saturated heterocycles. The summed E-state index contributed by atoms with van der Waals surface area (Å²) in [6.45, 7) is 3.71. The fourth-order valence-corrected chi connectivity index (χ4v) is 4.92. The van der Waals surface area contributed by atoms with Gasteiger partial charge in [-0.1, -0.05) is 29.3 Å². The smallest absolute Gasteiger partial charge is 0.324 e. The van der Waals surface area contributed by atoms with Crippen LogP contribution in [0.2, 0.25) is 10.0 Å². The lowest BCUT2D eigenvalue weighted by Gasteiger charge is -2.13. The zero-order valence-electron chi connectivity index (χ0n) is 17.6. The number of hydrogen-bond acceptors (Lipinski definition) is 6. The summed E-state index contributed by atoms with van der Waals surface area (Å²) in [5.74, 6) is 0.201. The van der Waals surface area contributed by atoms with Crippen molar-refractivity contribution in [3.05, 3.63) is 51.6 Å². The van der Waals surface area contributed by atoms with Crippen LogP contribution >= 0.6 is 34.5 Å². The summed E-state index contributed by atoms with van der Waals surface area (Å²) in [5, 5.41) is 8.90. The van der Waals surface area contributed by atoms with Crippen molar-refractivity contribution in [3.63, 3.8) is 0 Å². The van der Waals surface area contributed by atoms with E-state index in [1.165, 1.54) is 36.6 Å². The summed E-state index contributed by atoms with van der Waals surface area (Å²) >= 11 is 13.6. The molecule has 1 fully saturated rings. The summed E-state index contributed by atoms with van der Waals surface area (Å²) in [7, 11) is 0. The van der Waals surface area contributed by atoms with Crippen molar-refractivity contribution < 1.29 is 9.59 Å². The van der Waals surface area contributed by atoms with Crippen molar-refractivity contribution in [2.45, 2.75) is 12.8 Å². The van der Waals surface area contributed by atoms with Crippen LogP contribution in [-0.2, 0) is 4.79 Å². The minimum Gasteiger partial charge on any atom is -0.351 e. The summed E-state index contributed by atoms with van der Waals surface area (Å²) in [6.07, 6.45) is 7.06. The second-order valence-electron chi connectivity index (χ2n) is 7.43. The van der Waals surface area contributed by atoms with Gasteiger partial charge >= 0.3 is 6.03 Å². The zero-order valence-corrected chi connectivity index (χ0v) is 19.9. The Hall–Kier alpha value is -2.72. The lowest BCUT2D eigenvalue weighted by molar-refractivity contribution is -0.116. The van der Waals surface area contributed by atoms with Gasteiger partial charge < -0.3 is 15.5 Å². The number of amides is 3. The molecule has 2 aromatic heterocycles. The van der Waals surface area contributed by atoms with E-state index in [0.717, 1.165) is 24.5 Å². The molecule has 1 aliphatic rings. The van der Waals surface area contributed by atoms with Crippen LogP contribution in [0.5, 0.6) is 0 Å². The summed E-state index contributed by atoms with van der Waals surface area (Å²) in [6, 6.07) is 6.26. The predicted octanol–water partition coefficient (Wildman–Crippen LogP) is 4.87. The summed E-state index contributed by atoms with van der Waals surface area (Å²) in [5.41, 5.74) is 0.976. The average Bonchev–Trinajstić information content (AvgIpc) is 3.45. The third kappa shape index (κ3) is 6.20. The molecule has 33 heavy (non-hydrogen) atoms. The zero-order chi connectivity index (χ0) is 23.2. The Bertz CT molecular complexity index is 1170. The fraction of sp³-hybridized carbons (Fsp3) is 0.273. The fourth-order valence-electron chi connectivity index (χ4n) is 3.47. The molecule has 0 aliphatic carbocycles. The van der Waals surface area contributed by atoms with Crippen molar-refractivity contribution >= 4 is 74.3 Å². The third-order valence-corrected chi connectivity index (χ3v) is 6.81. The van der Waals surface area contributed by atoms with Gasteiger partial charge in [0.2, 0.25) is 5.91 Å². The number of fused-ring (bicyclic) bond motifs is 1. The van der Waals surface area contributed by atoms with Gasteiger partial charge in [0.1, 0.15) is 6.33 Å². The molecule has 4 rings (SSSR count). The standard InChI is InChI=1S/C22H22Cl2N6O2S/c23-15-4-3-5-16(24)19(15)28-22(32)29-21-20-17(26-13-27-21)12-14(33-20)6-7-18(31)25-8-11-30-9-1-2-10-30/h3-7,12-13H,1-2,8-11H2,(H,25,31)(H2,26,27,28,29,32)/b7-6+. The number of benzene rings is 1. The van der Waals surface area contributed by atoms with Gasteiger partial charge in [0.25, 0.3) is 0 Å². The third-order valence-electron chi connectivity index (χ3n) is 5.09. The van der Waals surface area contributed by atoms with E-state index in [9.17, 15) is 9.59 Å². The highest BCUT2D eigenvalue weighted by Gasteiger charge is 2.14. The number of nitrogens with one attached hydrogen (secondary N) is 3. The number of halogens is 2. The maximum Gasteiger partial charge on any atom is 0.324 e. The molecule has 0 atom stereocenters. The average molecular weight is 505 g/mol. The predicted molar refractivity (Wildman–Crippen MR) is 134 cm³/mol. The number of para-hydroxylation sites is 1. The first-order valence-corrected chi connectivity index (χ1v) is 12.0. The number of rotatable bonds is 7. The van der Waals surface area contributed by atoms with Crippen LogP contribution < -0.4 is 16.0 Å². The lowest BCUT2D eigenvalue weighted by atomic mass is 10.3. The van der Waals surface area contributed by atoms with E-state index in [-0.39, 0.29) is 5.91 Å². The summed E-state index contributed by atoms with van der Waals surface area (Å²) in [4.78, 5) is 36.2. The highest BCUT2D eigenvalue weighted by molar-refractivity contribution is 7.20. The van der Waals surface area contributed by atoms with Crippen molar-refractivity contribution in [3.8, 4) is 0 Å². The van der Waals surface area contributed by atoms with Gasteiger partial charge in [0, 0.05) is 24.0 Å². The molecular weight excluding hydrogens is 483 g/mol. The van der Waals surface area contributed by atoms with Gasteiger partial charge in [-0.2, -0.15) is 0 Å². The Morgan fingerprint density at radius 3 is 2.64 bits per heavy atom. The monoisotopic (exact) mass is 504 g/mol. The summed E-state index contributed by atoms with van der Waals surface area (Å²) < 4.78 is 0.687. The van der Waals surface area contributed by atoms with Gasteiger partial charge in [0.05, 0.1) is 25.9 Å². The van der Waals surface area contributed by atoms with Crippen LogP contribution in [0.1, 0.15) is 17.7 Å². The van der Waals surface area contributed by atoms with Crippen molar-refractivity contribution in [1.82, 2.24) is 20.2 Å². The Kier molecular flexibility index (Phi) is 7.77. The minimum atomic E-state index is -0.534. The Morgan fingerprint density at radius 1 is 1.12 bits per heavy atom. The van der Waals surface area contributed by atoms with Crippen LogP contribution in [0.15, 0.2) is 36.7 Å². The minimum absolute atomic E-state index is 0.146. The molecule has 0 radical (unpaired) electrons. The van der Waals surface area contributed by atoms with Gasteiger partial charge in [-0.05, 0) is 50.2 Å². The quantitative estimate of drug-likeness (QED) is 0.398. The topological polar surface area (TPSA) is 99.2 Å².